The van der Waals surface area contributed by atoms with Gasteiger partial charge in [-0.05, 0) is 41.1 Å². The van der Waals surface area contributed by atoms with E-state index >= 15 is 0 Å². The molecule has 6 nitrogen and oxygen atoms in total. The monoisotopic (exact) mass is 755 g/mol. The molecule has 0 aliphatic rings. The van der Waals surface area contributed by atoms with Crippen LogP contribution in [-0.4, -0.2) is 24.9 Å². The molecule has 276 valence electrons. The maximum atomic E-state index is 6.84. The molecule has 0 bridgehead atoms. The van der Waals surface area contributed by atoms with Crippen LogP contribution in [0.2, 0.25) is 0 Å². The molecule has 0 N–H and O–H groups in total. The first-order valence-electron chi connectivity index (χ1n) is 19.6. The van der Waals surface area contributed by atoms with Gasteiger partial charge in [0.2, 0.25) is 5.89 Å². The first-order valence-corrected chi connectivity index (χ1v) is 19.6. The Hall–Kier alpha value is -8.09. The summed E-state index contributed by atoms with van der Waals surface area (Å²) in [6, 6.07) is 67.9. The average molecular weight is 756 g/mol. The van der Waals surface area contributed by atoms with Gasteiger partial charge in [-0.15, -0.1) is 0 Å². The minimum Gasteiger partial charge on any atom is -0.435 e. The Morgan fingerprint density at radius 1 is 0.271 bits per heavy atom. The van der Waals surface area contributed by atoms with E-state index in [9.17, 15) is 0 Å². The summed E-state index contributed by atoms with van der Waals surface area (Å²) in [7, 11) is 0. The van der Waals surface area contributed by atoms with Gasteiger partial charge in [-0.1, -0.05) is 170 Å². The highest BCUT2D eigenvalue weighted by Gasteiger charge is 2.20. The van der Waals surface area contributed by atoms with Crippen LogP contribution < -0.4 is 0 Å². The van der Waals surface area contributed by atoms with Crippen molar-refractivity contribution < 1.29 is 4.42 Å². The van der Waals surface area contributed by atoms with E-state index < -0.39 is 0 Å². The lowest BCUT2D eigenvalue weighted by atomic mass is 10.0. The molecular weight excluding hydrogens is 723 g/mol. The topological polar surface area (TPSA) is 77.6 Å². The molecule has 0 saturated heterocycles. The second kappa shape index (κ2) is 14.4. The molecule has 11 rings (SSSR count). The third-order valence-corrected chi connectivity index (χ3v) is 10.7. The summed E-state index contributed by atoms with van der Waals surface area (Å²) in [6.07, 6.45) is 0. The van der Waals surface area contributed by atoms with Gasteiger partial charge in [0.15, 0.2) is 17.2 Å². The second-order valence-electron chi connectivity index (χ2n) is 14.5. The smallest absolute Gasteiger partial charge is 0.227 e. The molecule has 0 atom stereocenters. The summed E-state index contributed by atoms with van der Waals surface area (Å²) < 4.78 is 6.84. The molecule has 3 aromatic heterocycles. The Balaban J connectivity index is 1.19. The summed E-state index contributed by atoms with van der Waals surface area (Å²) in [6.45, 7) is 0. The number of fused-ring (bicyclic) bond motifs is 6. The zero-order chi connectivity index (χ0) is 39.1. The Morgan fingerprint density at radius 3 is 1.03 bits per heavy atom. The zero-order valence-corrected chi connectivity index (χ0v) is 31.7. The maximum Gasteiger partial charge on any atom is 0.227 e. The minimum absolute atomic E-state index is 0.481. The first-order chi connectivity index (χ1) is 29.2. The van der Waals surface area contributed by atoms with Crippen LogP contribution in [0.1, 0.15) is 0 Å². The molecule has 0 amide bonds. The number of hydrogen-bond donors (Lipinski definition) is 0. The van der Waals surface area contributed by atoms with Gasteiger partial charge in [-0.3, -0.25) is 0 Å². The summed E-state index contributed by atoms with van der Waals surface area (Å²) in [5.74, 6) is 1.60. The summed E-state index contributed by atoms with van der Waals surface area (Å²) in [4.78, 5) is 26.1. The summed E-state index contributed by atoms with van der Waals surface area (Å²) in [5, 5.41) is 4.29. The van der Waals surface area contributed by atoms with Gasteiger partial charge in [0, 0.05) is 49.7 Å². The highest BCUT2D eigenvalue weighted by Crippen LogP contribution is 2.40. The number of rotatable bonds is 7. The van der Waals surface area contributed by atoms with Crippen LogP contribution in [0.3, 0.4) is 0 Å². The predicted molar refractivity (Wildman–Crippen MR) is 238 cm³/mol. The van der Waals surface area contributed by atoms with Crippen molar-refractivity contribution in [1.29, 1.82) is 0 Å². The molecular formula is C53H33N5O. The molecule has 59 heavy (non-hydrogen) atoms. The van der Waals surface area contributed by atoms with Gasteiger partial charge in [-0.25, -0.2) is 24.9 Å². The van der Waals surface area contributed by atoms with Crippen LogP contribution in [-0.2, 0) is 0 Å². The van der Waals surface area contributed by atoms with Gasteiger partial charge >= 0.3 is 0 Å². The zero-order valence-electron chi connectivity index (χ0n) is 31.7. The molecule has 0 spiro atoms. The molecule has 0 unspecified atom stereocenters. The van der Waals surface area contributed by atoms with E-state index in [1.807, 2.05) is 84.9 Å². The Kier molecular flexibility index (Phi) is 8.37. The van der Waals surface area contributed by atoms with Crippen molar-refractivity contribution in [3.63, 3.8) is 0 Å². The lowest BCUT2D eigenvalue weighted by Gasteiger charge is -2.13. The fraction of sp³-hybridized carbons (Fsp3) is 0. The van der Waals surface area contributed by atoms with E-state index in [4.69, 9.17) is 29.3 Å². The Morgan fingerprint density at radius 2 is 0.610 bits per heavy atom. The number of benzene rings is 8. The fourth-order valence-corrected chi connectivity index (χ4v) is 7.84. The standard InChI is InChI=1S/C53H33N5O/c1-5-17-34(18-6-1)45-32-46(35-19-7-2-8-20-35)55-51(54-45)38-29-39(52-56-47(36-21-9-3-10-22-36)33-48(57-52)37-23-11-4-12-24-37)31-40(30-38)53-58-49-43-27-15-13-25-41(43)42-26-14-16-28-44(42)50(49)59-53/h1-33H. The number of nitrogens with zero attached hydrogens (tertiary/aromatic N) is 5. The van der Waals surface area contributed by atoms with Crippen molar-refractivity contribution >= 4 is 32.6 Å². The van der Waals surface area contributed by atoms with Gasteiger partial charge in [0.1, 0.15) is 5.52 Å². The second-order valence-corrected chi connectivity index (χ2v) is 14.5. The first kappa shape index (κ1) is 34.2. The fourth-order valence-electron chi connectivity index (χ4n) is 7.84. The molecule has 0 aliphatic carbocycles. The van der Waals surface area contributed by atoms with Gasteiger partial charge in [0.25, 0.3) is 0 Å². The molecule has 3 heterocycles. The molecule has 0 fully saturated rings. The third kappa shape index (κ3) is 6.39. The lowest BCUT2D eigenvalue weighted by Crippen LogP contribution is -1.99. The SMILES string of the molecule is c1ccc(-c2cc(-c3ccccc3)nc(-c3cc(-c4nc(-c5ccccc5)cc(-c5ccccc5)n4)cc(-c4nc5c6ccccc6c6ccccc6c5o4)c3)n2)cc1. The Bertz CT molecular complexity index is 2980. The van der Waals surface area contributed by atoms with E-state index in [2.05, 4.69) is 115 Å². The quantitative estimate of drug-likeness (QED) is 0.151. The van der Waals surface area contributed by atoms with E-state index in [1.165, 1.54) is 0 Å². The van der Waals surface area contributed by atoms with Crippen molar-refractivity contribution in [2.24, 2.45) is 0 Å². The Labute approximate surface area is 340 Å². The molecule has 6 heteroatoms. The highest BCUT2D eigenvalue weighted by molar-refractivity contribution is 6.22. The molecule has 0 aliphatic heterocycles. The maximum absolute atomic E-state index is 6.84. The van der Waals surface area contributed by atoms with Crippen molar-refractivity contribution in [3.8, 4) is 79.3 Å². The van der Waals surface area contributed by atoms with Crippen LogP contribution in [0.15, 0.2) is 205 Å². The van der Waals surface area contributed by atoms with Crippen LogP contribution in [0.25, 0.3) is 112 Å². The lowest BCUT2D eigenvalue weighted by molar-refractivity contribution is 0.623. The van der Waals surface area contributed by atoms with Gasteiger partial charge < -0.3 is 4.42 Å². The molecule has 0 radical (unpaired) electrons. The van der Waals surface area contributed by atoms with Crippen molar-refractivity contribution in [3.05, 3.63) is 200 Å². The van der Waals surface area contributed by atoms with Crippen molar-refractivity contribution in [2.75, 3.05) is 0 Å². The van der Waals surface area contributed by atoms with Crippen molar-refractivity contribution in [1.82, 2.24) is 24.9 Å². The molecule has 11 aromatic rings. The largest absolute Gasteiger partial charge is 0.435 e. The van der Waals surface area contributed by atoms with E-state index in [-0.39, 0.29) is 0 Å². The third-order valence-electron chi connectivity index (χ3n) is 10.7. The van der Waals surface area contributed by atoms with E-state index in [1.54, 1.807) is 0 Å². The number of hydrogen-bond acceptors (Lipinski definition) is 6. The minimum atomic E-state index is 0.481. The number of aromatic nitrogens is 5. The van der Waals surface area contributed by atoms with Gasteiger partial charge in [0.05, 0.1) is 22.8 Å². The predicted octanol–water partition coefficient (Wildman–Crippen LogP) is 13.4. The van der Waals surface area contributed by atoms with Crippen LogP contribution >= 0.6 is 0 Å². The highest BCUT2D eigenvalue weighted by atomic mass is 16.3. The van der Waals surface area contributed by atoms with Crippen LogP contribution in [0, 0.1) is 0 Å². The summed E-state index contributed by atoms with van der Waals surface area (Å²) in [5.41, 5.74) is 11.1. The van der Waals surface area contributed by atoms with Crippen molar-refractivity contribution in [2.45, 2.75) is 0 Å². The van der Waals surface area contributed by atoms with Crippen LogP contribution in [0.5, 0.6) is 0 Å². The average Bonchev–Trinajstić information content (AvgIpc) is 3.79. The van der Waals surface area contributed by atoms with Crippen LogP contribution in [0.4, 0.5) is 0 Å². The van der Waals surface area contributed by atoms with Gasteiger partial charge in [-0.2, -0.15) is 0 Å². The van der Waals surface area contributed by atoms with E-state index in [0.717, 1.165) is 94.4 Å². The number of oxazole rings is 1. The van der Waals surface area contributed by atoms with E-state index in [0.29, 0.717) is 17.5 Å². The normalized spacial score (nSPS) is 11.4. The summed E-state index contributed by atoms with van der Waals surface area (Å²) >= 11 is 0. The molecule has 8 aromatic carbocycles. The molecule has 0 saturated carbocycles.